The first kappa shape index (κ1) is 8.75. The van der Waals surface area contributed by atoms with Gasteiger partial charge in [-0.3, -0.25) is 4.68 Å². The summed E-state index contributed by atoms with van der Waals surface area (Å²) in [5.74, 6) is 0.884. The van der Waals surface area contributed by atoms with Crippen LogP contribution >= 0.6 is 0 Å². The molecule has 1 fully saturated rings. The first-order valence-corrected chi connectivity index (χ1v) is 4.92. The fourth-order valence-corrected chi connectivity index (χ4v) is 1.72. The summed E-state index contributed by atoms with van der Waals surface area (Å²) in [5, 5.41) is 4.20. The van der Waals surface area contributed by atoms with Crippen molar-refractivity contribution in [3.05, 3.63) is 17.5 Å². The zero-order valence-corrected chi connectivity index (χ0v) is 8.33. The van der Waals surface area contributed by atoms with Crippen LogP contribution < -0.4 is 5.73 Å². The van der Waals surface area contributed by atoms with Crippen LogP contribution in [0.1, 0.15) is 36.6 Å². The molecule has 3 heteroatoms. The number of rotatable bonds is 3. The summed E-state index contributed by atoms with van der Waals surface area (Å²) in [6.45, 7) is 2.08. The van der Waals surface area contributed by atoms with Gasteiger partial charge in [0.2, 0.25) is 0 Å². The summed E-state index contributed by atoms with van der Waals surface area (Å²) in [7, 11) is 1.96. The topological polar surface area (TPSA) is 43.8 Å². The molecule has 1 aromatic rings. The minimum absolute atomic E-state index is 0.196. The van der Waals surface area contributed by atoms with Crippen LogP contribution in [0, 0.1) is 12.8 Å². The summed E-state index contributed by atoms with van der Waals surface area (Å²) < 4.78 is 1.89. The molecule has 1 unspecified atom stereocenters. The number of nitrogens with zero attached hydrogens (tertiary/aromatic N) is 2. The van der Waals surface area contributed by atoms with Crippen molar-refractivity contribution in [1.82, 2.24) is 9.78 Å². The number of hydrogen-bond donors (Lipinski definition) is 1. The van der Waals surface area contributed by atoms with E-state index < -0.39 is 0 Å². The number of hydrogen-bond acceptors (Lipinski definition) is 2. The zero-order valence-electron chi connectivity index (χ0n) is 8.33. The Morgan fingerprint density at radius 1 is 1.69 bits per heavy atom. The first-order valence-electron chi connectivity index (χ1n) is 4.92. The average Bonchev–Trinajstić information content (AvgIpc) is 2.82. The average molecular weight is 179 g/mol. The molecule has 1 aliphatic rings. The molecule has 2 rings (SSSR count). The van der Waals surface area contributed by atoms with Crippen LogP contribution in [0.3, 0.4) is 0 Å². The molecule has 2 N–H and O–H groups in total. The maximum Gasteiger partial charge on any atom is 0.0540 e. The van der Waals surface area contributed by atoms with Gasteiger partial charge in [0.25, 0.3) is 0 Å². The molecule has 3 nitrogen and oxygen atoms in total. The predicted molar refractivity (Wildman–Crippen MR) is 52.2 cm³/mol. The van der Waals surface area contributed by atoms with E-state index in [1.165, 1.54) is 24.1 Å². The monoisotopic (exact) mass is 179 g/mol. The molecule has 13 heavy (non-hydrogen) atoms. The third-order valence-electron chi connectivity index (χ3n) is 2.96. The van der Waals surface area contributed by atoms with E-state index in [1.54, 1.807) is 0 Å². The highest BCUT2D eigenvalue weighted by Gasteiger charge is 2.25. The van der Waals surface area contributed by atoms with Crippen LogP contribution in [0.2, 0.25) is 0 Å². The molecule has 0 radical (unpaired) electrons. The SMILES string of the molecule is Cc1c(C(N)CC2CC2)cnn1C. The molecule has 1 aromatic heterocycles. The number of aromatic nitrogens is 2. The lowest BCUT2D eigenvalue weighted by Gasteiger charge is -2.09. The second-order valence-electron chi connectivity index (χ2n) is 4.09. The first-order chi connectivity index (χ1) is 6.18. The van der Waals surface area contributed by atoms with Crippen molar-refractivity contribution < 1.29 is 0 Å². The Bertz CT molecular complexity index is 299. The largest absolute Gasteiger partial charge is 0.324 e. The normalized spacial score (nSPS) is 19.0. The van der Waals surface area contributed by atoms with Crippen LogP contribution in [-0.2, 0) is 7.05 Å². The van der Waals surface area contributed by atoms with Crippen molar-refractivity contribution in [2.24, 2.45) is 18.7 Å². The van der Waals surface area contributed by atoms with Crippen molar-refractivity contribution in [2.45, 2.75) is 32.2 Å². The van der Waals surface area contributed by atoms with Crippen molar-refractivity contribution in [3.63, 3.8) is 0 Å². The summed E-state index contributed by atoms with van der Waals surface area (Å²) in [6, 6.07) is 0.196. The smallest absolute Gasteiger partial charge is 0.0540 e. The van der Waals surface area contributed by atoms with Gasteiger partial charge in [-0.15, -0.1) is 0 Å². The second-order valence-corrected chi connectivity index (χ2v) is 4.09. The van der Waals surface area contributed by atoms with Gasteiger partial charge in [-0.2, -0.15) is 5.10 Å². The minimum atomic E-state index is 0.196. The van der Waals surface area contributed by atoms with Crippen LogP contribution in [0.25, 0.3) is 0 Å². The molecule has 1 saturated carbocycles. The molecule has 0 bridgehead atoms. The highest BCUT2D eigenvalue weighted by atomic mass is 15.3. The molecule has 1 aliphatic carbocycles. The molecular weight excluding hydrogens is 162 g/mol. The molecule has 0 spiro atoms. The highest BCUT2D eigenvalue weighted by Crippen LogP contribution is 2.37. The van der Waals surface area contributed by atoms with Gasteiger partial charge in [0.1, 0.15) is 0 Å². The zero-order chi connectivity index (χ0) is 9.42. The van der Waals surface area contributed by atoms with Gasteiger partial charge in [0.15, 0.2) is 0 Å². The molecular formula is C10H17N3. The Kier molecular flexibility index (Phi) is 2.12. The molecule has 1 heterocycles. The molecule has 0 aromatic carbocycles. The highest BCUT2D eigenvalue weighted by molar-refractivity contribution is 5.20. The van der Waals surface area contributed by atoms with E-state index in [4.69, 9.17) is 5.73 Å². The van der Waals surface area contributed by atoms with Gasteiger partial charge in [-0.05, 0) is 19.3 Å². The second kappa shape index (κ2) is 3.14. The van der Waals surface area contributed by atoms with Gasteiger partial charge in [0.05, 0.1) is 6.20 Å². The van der Waals surface area contributed by atoms with Crippen molar-refractivity contribution in [2.75, 3.05) is 0 Å². The van der Waals surface area contributed by atoms with Crippen LogP contribution in [0.5, 0.6) is 0 Å². The molecule has 1 atom stereocenters. The molecule has 72 valence electrons. The Hall–Kier alpha value is -0.830. The van der Waals surface area contributed by atoms with E-state index in [2.05, 4.69) is 12.0 Å². The van der Waals surface area contributed by atoms with Gasteiger partial charge in [0, 0.05) is 24.3 Å². The van der Waals surface area contributed by atoms with E-state index in [9.17, 15) is 0 Å². The summed E-state index contributed by atoms with van der Waals surface area (Å²) >= 11 is 0. The third kappa shape index (κ3) is 1.75. The van der Waals surface area contributed by atoms with E-state index >= 15 is 0 Å². The van der Waals surface area contributed by atoms with Crippen molar-refractivity contribution >= 4 is 0 Å². The fourth-order valence-electron chi connectivity index (χ4n) is 1.72. The quantitative estimate of drug-likeness (QED) is 0.764. The number of nitrogens with two attached hydrogens (primary N) is 1. The lowest BCUT2D eigenvalue weighted by Crippen LogP contribution is -2.11. The van der Waals surface area contributed by atoms with E-state index in [-0.39, 0.29) is 6.04 Å². The summed E-state index contributed by atoms with van der Waals surface area (Å²) in [5.41, 5.74) is 8.52. The van der Waals surface area contributed by atoms with Gasteiger partial charge in [-0.25, -0.2) is 0 Å². The Balaban J connectivity index is 2.09. The van der Waals surface area contributed by atoms with E-state index in [0.717, 1.165) is 12.3 Å². The maximum atomic E-state index is 6.10. The summed E-state index contributed by atoms with van der Waals surface area (Å²) in [6.07, 6.45) is 5.77. The molecule has 0 saturated heterocycles. The van der Waals surface area contributed by atoms with Gasteiger partial charge in [-0.1, -0.05) is 12.8 Å². The Labute approximate surface area is 78.9 Å². The lowest BCUT2D eigenvalue weighted by atomic mass is 10.0. The van der Waals surface area contributed by atoms with Crippen molar-refractivity contribution in [3.8, 4) is 0 Å². The third-order valence-corrected chi connectivity index (χ3v) is 2.96. The Morgan fingerprint density at radius 2 is 2.38 bits per heavy atom. The van der Waals surface area contributed by atoms with Crippen molar-refractivity contribution in [1.29, 1.82) is 0 Å². The minimum Gasteiger partial charge on any atom is -0.324 e. The van der Waals surface area contributed by atoms with Gasteiger partial charge < -0.3 is 5.73 Å². The van der Waals surface area contributed by atoms with Crippen LogP contribution in [0.15, 0.2) is 6.20 Å². The van der Waals surface area contributed by atoms with E-state index in [1.807, 2.05) is 17.9 Å². The maximum absolute atomic E-state index is 6.10. The van der Waals surface area contributed by atoms with Crippen LogP contribution in [0.4, 0.5) is 0 Å². The fraction of sp³-hybridized carbons (Fsp3) is 0.700. The van der Waals surface area contributed by atoms with E-state index in [0.29, 0.717) is 0 Å². The Morgan fingerprint density at radius 3 is 2.85 bits per heavy atom. The van der Waals surface area contributed by atoms with Gasteiger partial charge >= 0.3 is 0 Å². The lowest BCUT2D eigenvalue weighted by molar-refractivity contribution is 0.592. The predicted octanol–water partition coefficient (Wildman–Crippen LogP) is 1.53. The van der Waals surface area contributed by atoms with Crippen LogP contribution in [-0.4, -0.2) is 9.78 Å². The molecule has 0 amide bonds. The number of aryl methyl sites for hydroxylation is 1. The summed E-state index contributed by atoms with van der Waals surface area (Å²) in [4.78, 5) is 0. The molecule has 0 aliphatic heterocycles. The standard InChI is InChI=1S/C10H17N3/c1-7-9(6-12-13(7)2)10(11)5-8-3-4-8/h6,8,10H,3-5,11H2,1-2H3.